The molecule has 4 aromatic rings. The molecule has 0 aliphatic heterocycles. The van der Waals surface area contributed by atoms with Gasteiger partial charge in [0.2, 0.25) is 0 Å². The largest absolute Gasteiger partial charge is 0.417 e. The van der Waals surface area contributed by atoms with Gasteiger partial charge in [0.15, 0.2) is 4.96 Å². The fourth-order valence-electron chi connectivity index (χ4n) is 2.60. The highest BCUT2D eigenvalue weighted by molar-refractivity contribution is 7.87. The van der Waals surface area contributed by atoms with E-state index in [2.05, 4.69) is 4.98 Å². The summed E-state index contributed by atoms with van der Waals surface area (Å²) in [5, 5.41) is 1.30. The van der Waals surface area contributed by atoms with Gasteiger partial charge in [-0.05, 0) is 42.5 Å². The van der Waals surface area contributed by atoms with Crippen LogP contribution >= 0.6 is 22.9 Å². The third kappa shape index (κ3) is 3.96. The first-order chi connectivity index (χ1) is 13.6. The van der Waals surface area contributed by atoms with Crippen molar-refractivity contribution in [2.24, 2.45) is 0 Å². The van der Waals surface area contributed by atoms with E-state index in [-0.39, 0.29) is 5.75 Å². The summed E-state index contributed by atoms with van der Waals surface area (Å²) < 4.78 is 70.5. The van der Waals surface area contributed by atoms with Gasteiger partial charge in [-0.1, -0.05) is 11.6 Å². The van der Waals surface area contributed by atoms with Gasteiger partial charge >= 0.3 is 16.3 Å². The Bertz CT molecular complexity index is 1270. The molecule has 0 aliphatic rings. The second kappa shape index (κ2) is 7.05. The molecule has 2 aromatic heterocycles. The van der Waals surface area contributed by atoms with E-state index in [4.69, 9.17) is 15.8 Å². The van der Waals surface area contributed by atoms with Crippen LogP contribution in [-0.4, -0.2) is 17.8 Å². The number of imidazole rings is 1. The lowest BCUT2D eigenvalue weighted by atomic mass is 10.2. The van der Waals surface area contributed by atoms with Crippen LogP contribution in [0.5, 0.6) is 5.75 Å². The number of benzene rings is 2. The minimum Gasteiger partial charge on any atom is -0.379 e. The number of hydrogen-bond acceptors (Lipinski definition) is 5. The predicted octanol–water partition coefficient (Wildman–Crippen LogP) is 5.50. The predicted molar refractivity (Wildman–Crippen MR) is 103 cm³/mol. The normalized spacial score (nSPS) is 12.4. The maximum absolute atomic E-state index is 13.0. The van der Waals surface area contributed by atoms with Crippen molar-refractivity contribution in [3.8, 4) is 17.0 Å². The number of thiazole rings is 1. The van der Waals surface area contributed by atoms with E-state index >= 15 is 0 Å². The van der Waals surface area contributed by atoms with Crippen molar-refractivity contribution in [1.29, 1.82) is 0 Å². The summed E-state index contributed by atoms with van der Waals surface area (Å²) in [6, 6.07) is 8.31. The molecule has 0 fully saturated rings. The fraction of sp³-hybridized carbons (Fsp3) is 0.0556. The number of hydrogen-bond donors (Lipinski definition) is 0. The molecule has 0 radical (unpaired) electrons. The van der Waals surface area contributed by atoms with Crippen molar-refractivity contribution in [2.45, 2.75) is 11.1 Å². The van der Waals surface area contributed by atoms with Crippen LogP contribution < -0.4 is 4.18 Å². The van der Waals surface area contributed by atoms with Gasteiger partial charge in [0.25, 0.3) is 0 Å². The molecule has 2 aromatic carbocycles. The Balaban J connectivity index is 1.59. The zero-order valence-corrected chi connectivity index (χ0v) is 16.6. The fourth-order valence-corrected chi connectivity index (χ4v) is 4.48. The number of rotatable bonds is 4. The van der Waals surface area contributed by atoms with Crippen molar-refractivity contribution >= 4 is 38.0 Å². The Kier molecular flexibility index (Phi) is 4.80. The van der Waals surface area contributed by atoms with Gasteiger partial charge in [0.1, 0.15) is 10.6 Å². The van der Waals surface area contributed by atoms with Gasteiger partial charge in [0.05, 0.1) is 16.3 Å². The van der Waals surface area contributed by atoms with Gasteiger partial charge in [-0.3, -0.25) is 4.40 Å². The molecular weight excluding hydrogens is 449 g/mol. The standard InChI is InChI=1S/C18H10ClF3N2O3S2/c19-15-6-5-13(9-14(15)18(20,21)22)29(25,26)27-12-3-1-11(2-4-12)16-10-24-7-8-28-17(24)23-16/h1-10H. The Morgan fingerprint density at radius 2 is 1.83 bits per heavy atom. The van der Waals surface area contributed by atoms with Crippen LogP contribution in [0.3, 0.4) is 0 Å². The second-order valence-electron chi connectivity index (χ2n) is 5.92. The van der Waals surface area contributed by atoms with E-state index in [0.717, 1.165) is 22.7 Å². The molecule has 0 aliphatic carbocycles. The molecule has 0 spiro atoms. The van der Waals surface area contributed by atoms with Crippen molar-refractivity contribution in [3.63, 3.8) is 0 Å². The summed E-state index contributed by atoms with van der Waals surface area (Å²) in [4.78, 5) is 4.60. The highest BCUT2D eigenvalue weighted by Gasteiger charge is 2.34. The quantitative estimate of drug-likeness (QED) is 0.379. The third-order valence-corrected chi connectivity index (χ3v) is 6.32. The van der Waals surface area contributed by atoms with Gasteiger partial charge < -0.3 is 4.18 Å². The molecule has 0 unspecified atom stereocenters. The molecule has 0 amide bonds. The zero-order chi connectivity index (χ0) is 20.8. The lowest BCUT2D eigenvalue weighted by Gasteiger charge is -2.12. The van der Waals surface area contributed by atoms with E-state index in [1.807, 2.05) is 22.2 Å². The van der Waals surface area contributed by atoms with Gasteiger partial charge in [-0.15, -0.1) is 11.3 Å². The molecule has 2 heterocycles. The number of fused-ring (bicyclic) bond motifs is 1. The average molecular weight is 459 g/mol. The van der Waals surface area contributed by atoms with Gasteiger partial charge in [-0.2, -0.15) is 21.6 Å². The maximum atomic E-state index is 13.0. The molecule has 0 saturated heterocycles. The van der Waals surface area contributed by atoms with Crippen LogP contribution in [0.2, 0.25) is 5.02 Å². The van der Waals surface area contributed by atoms with E-state index in [9.17, 15) is 21.6 Å². The molecule has 29 heavy (non-hydrogen) atoms. The molecule has 150 valence electrons. The van der Waals surface area contributed by atoms with Gasteiger partial charge in [0, 0.05) is 23.3 Å². The minimum absolute atomic E-state index is 0.0433. The first kappa shape index (κ1) is 19.7. The van der Waals surface area contributed by atoms with E-state index < -0.39 is 31.8 Å². The number of nitrogens with zero attached hydrogens (tertiary/aromatic N) is 2. The lowest BCUT2D eigenvalue weighted by molar-refractivity contribution is -0.137. The molecule has 0 saturated carbocycles. The average Bonchev–Trinajstić information content (AvgIpc) is 3.23. The summed E-state index contributed by atoms with van der Waals surface area (Å²) in [6.07, 6.45) is -1.10. The molecule has 0 bridgehead atoms. The number of aromatic nitrogens is 2. The first-order valence-corrected chi connectivity index (χ1v) is 10.6. The van der Waals surface area contributed by atoms with Crippen LogP contribution in [-0.2, 0) is 16.3 Å². The molecule has 11 heteroatoms. The van der Waals surface area contributed by atoms with Crippen molar-refractivity contribution in [3.05, 3.63) is 70.8 Å². The number of alkyl halides is 3. The van der Waals surface area contributed by atoms with Crippen LogP contribution in [0.1, 0.15) is 5.56 Å². The molecule has 4 rings (SSSR count). The SMILES string of the molecule is O=S(=O)(Oc1ccc(-c2cn3ccsc3n2)cc1)c1ccc(Cl)c(C(F)(F)F)c1. The minimum atomic E-state index is -4.79. The highest BCUT2D eigenvalue weighted by atomic mass is 35.5. The van der Waals surface area contributed by atoms with E-state index in [1.165, 1.54) is 23.5 Å². The maximum Gasteiger partial charge on any atom is 0.417 e. The molecule has 5 nitrogen and oxygen atoms in total. The smallest absolute Gasteiger partial charge is 0.379 e. The molecule has 0 N–H and O–H groups in total. The summed E-state index contributed by atoms with van der Waals surface area (Å²) in [7, 11) is -4.48. The Labute approximate surface area is 172 Å². The topological polar surface area (TPSA) is 60.7 Å². The Hall–Kier alpha value is -2.56. The van der Waals surface area contributed by atoms with E-state index in [1.54, 1.807) is 12.1 Å². The van der Waals surface area contributed by atoms with Crippen molar-refractivity contribution < 1.29 is 25.8 Å². The first-order valence-electron chi connectivity index (χ1n) is 7.97. The monoisotopic (exact) mass is 458 g/mol. The van der Waals surface area contributed by atoms with Crippen LogP contribution in [0, 0.1) is 0 Å². The van der Waals surface area contributed by atoms with Crippen LogP contribution in [0.15, 0.2) is 65.1 Å². The van der Waals surface area contributed by atoms with Crippen molar-refractivity contribution in [2.75, 3.05) is 0 Å². The van der Waals surface area contributed by atoms with Crippen LogP contribution in [0.4, 0.5) is 13.2 Å². The van der Waals surface area contributed by atoms with Gasteiger partial charge in [-0.25, -0.2) is 4.98 Å². The highest BCUT2D eigenvalue weighted by Crippen LogP contribution is 2.36. The summed E-state index contributed by atoms with van der Waals surface area (Å²) in [6.45, 7) is 0. The Morgan fingerprint density at radius 1 is 1.10 bits per heavy atom. The Morgan fingerprint density at radius 3 is 2.48 bits per heavy atom. The molecule has 0 atom stereocenters. The zero-order valence-electron chi connectivity index (χ0n) is 14.2. The van der Waals surface area contributed by atoms with Crippen LogP contribution in [0.25, 0.3) is 16.2 Å². The summed E-state index contributed by atoms with van der Waals surface area (Å²) in [5.41, 5.74) is 0.175. The van der Waals surface area contributed by atoms with Crippen molar-refractivity contribution in [1.82, 2.24) is 9.38 Å². The summed E-state index contributed by atoms with van der Waals surface area (Å²) in [5.74, 6) is -0.0433. The third-order valence-electron chi connectivity index (χ3n) is 3.98. The van der Waals surface area contributed by atoms with E-state index in [0.29, 0.717) is 11.8 Å². The summed E-state index contributed by atoms with van der Waals surface area (Å²) >= 11 is 7.00. The number of halogens is 4. The molecular formula is C18H10ClF3N2O3S2. The second-order valence-corrected chi connectivity index (χ2v) is 8.75. The lowest BCUT2D eigenvalue weighted by Crippen LogP contribution is -2.12.